The first-order valence-electron chi connectivity index (χ1n) is 6.05. The van der Waals surface area contributed by atoms with Crippen molar-refractivity contribution in [2.24, 2.45) is 0 Å². The highest BCUT2D eigenvalue weighted by molar-refractivity contribution is 5.96. The molecule has 0 fully saturated rings. The average Bonchev–Trinajstić information content (AvgIpc) is 2.41. The summed E-state index contributed by atoms with van der Waals surface area (Å²) in [6.45, 7) is 3.57. The highest BCUT2D eigenvalue weighted by atomic mass is 16.5. The third kappa shape index (κ3) is 4.38. The van der Waals surface area contributed by atoms with Crippen molar-refractivity contribution in [3.8, 4) is 11.5 Å². The van der Waals surface area contributed by atoms with E-state index < -0.39 is 18.4 Å². The van der Waals surface area contributed by atoms with E-state index in [9.17, 15) is 14.7 Å². The van der Waals surface area contributed by atoms with Gasteiger partial charge in [-0.3, -0.25) is 4.79 Å². The standard InChI is InChI=1S/C15H16O6/c1-3-4-10-5-9(7-12(21-2)14(10)18)6-11(15(19)20)8-13(16)17/h3,5-7,18H,1,4,8H2,2H3,(H,16,17)(H,19,20). The van der Waals surface area contributed by atoms with Crippen molar-refractivity contribution >= 4 is 18.0 Å². The second-order valence-corrected chi connectivity index (χ2v) is 4.27. The summed E-state index contributed by atoms with van der Waals surface area (Å²) in [4.78, 5) is 21.7. The van der Waals surface area contributed by atoms with Gasteiger partial charge < -0.3 is 20.1 Å². The van der Waals surface area contributed by atoms with Gasteiger partial charge in [0.15, 0.2) is 11.5 Å². The lowest BCUT2D eigenvalue weighted by atomic mass is 10.0. The summed E-state index contributed by atoms with van der Waals surface area (Å²) in [7, 11) is 1.37. The maximum absolute atomic E-state index is 11.0. The van der Waals surface area contributed by atoms with Crippen molar-refractivity contribution < 1.29 is 29.6 Å². The Kier molecular flexibility index (Phi) is 5.54. The zero-order valence-corrected chi connectivity index (χ0v) is 11.5. The second-order valence-electron chi connectivity index (χ2n) is 4.27. The summed E-state index contributed by atoms with van der Waals surface area (Å²) in [6, 6.07) is 3.00. The number of aromatic hydroxyl groups is 1. The molecule has 0 saturated heterocycles. The van der Waals surface area contributed by atoms with Gasteiger partial charge in [-0.2, -0.15) is 0 Å². The minimum absolute atomic E-state index is 0.0512. The molecular formula is C15H16O6. The Morgan fingerprint density at radius 1 is 1.33 bits per heavy atom. The number of hydrogen-bond acceptors (Lipinski definition) is 4. The second kappa shape index (κ2) is 7.14. The van der Waals surface area contributed by atoms with Crippen LogP contribution in [-0.2, 0) is 16.0 Å². The van der Waals surface area contributed by atoms with Crippen LogP contribution in [-0.4, -0.2) is 34.4 Å². The predicted octanol–water partition coefficient (Wildman–Crippen LogP) is 2.07. The quantitative estimate of drug-likeness (QED) is 0.525. The van der Waals surface area contributed by atoms with E-state index in [-0.39, 0.29) is 17.1 Å². The Morgan fingerprint density at radius 2 is 2.00 bits per heavy atom. The number of ether oxygens (including phenoxy) is 1. The summed E-state index contributed by atoms with van der Waals surface area (Å²) in [5, 5.41) is 27.7. The zero-order chi connectivity index (χ0) is 16.0. The molecule has 6 heteroatoms. The van der Waals surface area contributed by atoms with Crippen LogP contribution in [0.1, 0.15) is 17.5 Å². The molecule has 1 aromatic rings. The monoisotopic (exact) mass is 292 g/mol. The lowest BCUT2D eigenvalue weighted by molar-refractivity contribution is -0.139. The first kappa shape index (κ1) is 16.3. The number of carboxylic acid groups (broad SMARTS) is 2. The molecule has 0 unspecified atom stereocenters. The molecule has 3 N–H and O–H groups in total. The molecule has 112 valence electrons. The maximum Gasteiger partial charge on any atom is 0.332 e. The van der Waals surface area contributed by atoms with Crippen molar-refractivity contribution in [3.63, 3.8) is 0 Å². The number of phenolic OH excluding ortho intramolecular Hbond substituents is 1. The van der Waals surface area contributed by atoms with Gasteiger partial charge in [0, 0.05) is 11.1 Å². The van der Waals surface area contributed by atoms with Crippen molar-refractivity contribution in [3.05, 3.63) is 41.5 Å². The van der Waals surface area contributed by atoms with Gasteiger partial charge in [-0.25, -0.2) is 4.79 Å². The molecule has 0 heterocycles. The van der Waals surface area contributed by atoms with Crippen LogP contribution < -0.4 is 4.74 Å². The number of rotatable bonds is 7. The Labute approximate surface area is 121 Å². The zero-order valence-electron chi connectivity index (χ0n) is 11.5. The van der Waals surface area contributed by atoms with Crippen LogP contribution in [0.4, 0.5) is 0 Å². The molecule has 0 atom stereocenters. The van der Waals surface area contributed by atoms with Gasteiger partial charge in [0.1, 0.15) is 0 Å². The van der Waals surface area contributed by atoms with Crippen molar-refractivity contribution in [1.29, 1.82) is 0 Å². The van der Waals surface area contributed by atoms with E-state index in [1.165, 1.54) is 19.3 Å². The van der Waals surface area contributed by atoms with E-state index in [0.29, 0.717) is 17.5 Å². The van der Waals surface area contributed by atoms with Crippen LogP contribution in [0.3, 0.4) is 0 Å². The smallest absolute Gasteiger partial charge is 0.332 e. The van der Waals surface area contributed by atoms with E-state index >= 15 is 0 Å². The minimum Gasteiger partial charge on any atom is -0.504 e. The maximum atomic E-state index is 11.0. The highest BCUT2D eigenvalue weighted by Crippen LogP contribution is 2.33. The van der Waals surface area contributed by atoms with Crippen LogP contribution in [0.25, 0.3) is 6.08 Å². The molecule has 0 amide bonds. The van der Waals surface area contributed by atoms with Gasteiger partial charge in [-0.1, -0.05) is 6.08 Å². The summed E-state index contributed by atoms with van der Waals surface area (Å²) in [5.74, 6) is -2.42. The Morgan fingerprint density at radius 3 is 2.48 bits per heavy atom. The molecule has 0 aliphatic heterocycles. The fourth-order valence-corrected chi connectivity index (χ4v) is 1.79. The number of phenols is 1. The Balaban J connectivity index is 3.33. The topological polar surface area (TPSA) is 104 Å². The van der Waals surface area contributed by atoms with Gasteiger partial charge in [0.25, 0.3) is 0 Å². The fraction of sp³-hybridized carbons (Fsp3) is 0.200. The minimum atomic E-state index is -1.31. The molecule has 0 aliphatic carbocycles. The normalized spacial score (nSPS) is 11.0. The molecular weight excluding hydrogens is 276 g/mol. The fourth-order valence-electron chi connectivity index (χ4n) is 1.79. The Hall–Kier alpha value is -2.76. The molecule has 0 spiro atoms. The molecule has 6 nitrogen and oxygen atoms in total. The molecule has 0 aromatic heterocycles. The molecule has 0 radical (unpaired) electrons. The van der Waals surface area contributed by atoms with Gasteiger partial charge in [-0.05, 0) is 30.2 Å². The number of hydrogen-bond donors (Lipinski definition) is 3. The van der Waals surface area contributed by atoms with E-state index in [1.54, 1.807) is 12.1 Å². The number of carboxylic acids is 2. The van der Waals surface area contributed by atoms with Crippen LogP contribution in [0.5, 0.6) is 11.5 Å². The van der Waals surface area contributed by atoms with Crippen molar-refractivity contribution in [1.82, 2.24) is 0 Å². The van der Waals surface area contributed by atoms with E-state index in [4.69, 9.17) is 14.9 Å². The first-order chi connectivity index (χ1) is 9.88. The predicted molar refractivity (Wildman–Crippen MR) is 76.4 cm³/mol. The molecule has 0 saturated carbocycles. The molecule has 0 bridgehead atoms. The average molecular weight is 292 g/mol. The largest absolute Gasteiger partial charge is 0.504 e. The van der Waals surface area contributed by atoms with Gasteiger partial charge in [-0.15, -0.1) is 6.58 Å². The van der Waals surface area contributed by atoms with Crippen LogP contribution >= 0.6 is 0 Å². The van der Waals surface area contributed by atoms with Crippen molar-refractivity contribution in [2.45, 2.75) is 12.8 Å². The van der Waals surface area contributed by atoms with Gasteiger partial charge >= 0.3 is 11.9 Å². The number of benzene rings is 1. The summed E-state index contributed by atoms with van der Waals surface area (Å²) in [5.41, 5.74) is 0.676. The third-order valence-electron chi connectivity index (χ3n) is 2.72. The van der Waals surface area contributed by atoms with Crippen molar-refractivity contribution in [2.75, 3.05) is 7.11 Å². The molecule has 21 heavy (non-hydrogen) atoms. The van der Waals surface area contributed by atoms with E-state index in [1.807, 2.05) is 0 Å². The summed E-state index contributed by atoms with van der Waals surface area (Å²) in [6.07, 6.45) is 2.59. The summed E-state index contributed by atoms with van der Waals surface area (Å²) >= 11 is 0. The van der Waals surface area contributed by atoms with Crippen LogP contribution in [0, 0.1) is 0 Å². The van der Waals surface area contributed by atoms with Gasteiger partial charge in [0.2, 0.25) is 0 Å². The number of allylic oxidation sites excluding steroid dienone is 1. The van der Waals surface area contributed by atoms with Crippen LogP contribution in [0.15, 0.2) is 30.4 Å². The number of methoxy groups -OCH3 is 1. The van der Waals surface area contributed by atoms with Gasteiger partial charge in [0.05, 0.1) is 13.5 Å². The number of aliphatic carboxylic acids is 2. The Bertz CT molecular complexity index is 600. The molecule has 1 aromatic carbocycles. The molecule has 0 aliphatic rings. The van der Waals surface area contributed by atoms with E-state index in [0.717, 1.165) is 0 Å². The lowest BCUT2D eigenvalue weighted by Gasteiger charge is -2.10. The SMILES string of the molecule is C=CCc1cc(C=C(CC(=O)O)C(=O)O)cc(OC)c1O. The number of carbonyl (C=O) groups is 2. The van der Waals surface area contributed by atoms with E-state index in [2.05, 4.69) is 6.58 Å². The van der Waals surface area contributed by atoms with Crippen LogP contribution in [0.2, 0.25) is 0 Å². The molecule has 1 rings (SSSR count). The lowest BCUT2D eigenvalue weighted by Crippen LogP contribution is -2.06. The third-order valence-corrected chi connectivity index (χ3v) is 2.72. The summed E-state index contributed by atoms with van der Waals surface area (Å²) < 4.78 is 5.02. The highest BCUT2D eigenvalue weighted by Gasteiger charge is 2.14. The first-order valence-corrected chi connectivity index (χ1v) is 6.05.